The Balaban J connectivity index is 1.93. The summed E-state index contributed by atoms with van der Waals surface area (Å²) in [7, 11) is 0. The maximum absolute atomic E-state index is 6.39. The molecule has 20 heavy (non-hydrogen) atoms. The molecule has 0 bridgehead atoms. The van der Waals surface area contributed by atoms with Crippen molar-refractivity contribution in [3.05, 3.63) is 68.5 Å². The fourth-order valence-electron chi connectivity index (χ4n) is 2.36. The molecule has 0 aliphatic carbocycles. The predicted octanol–water partition coefficient (Wildman–Crippen LogP) is 5.56. The number of benzene rings is 2. The average molecular weight is 367 g/mol. The molecule has 0 radical (unpaired) electrons. The Morgan fingerprint density at radius 2 is 2.00 bits per heavy atom. The van der Waals surface area contributed by atoms with Crippen LogP contribution in [0.3, 0.4) is 0 Å². The zero-order chi connectivity index (χ0) is 14.1. The van der Waals surface area contributed by atoms with E-state index in [1.165, 1.54) is 21.2 Å². The highest BCUT2D eigenvalue weighted by atomic mass is 79.9. The van der Waals surface area contributed by atoms with Crippen molar-refractivity contribution < 1.29 is 0 Å². The summed E-state index contributed by atoms with van der Waals surface area (Å²) in [6.45, 7) is 0. The highest BCUT2D eigenvalue weighted by Crippen LogP contribution is 2.35. The average Bonchev–Trinajstić information content (AvgIpc) is 2.84. The van der Waals surface area contributed by atoms with Gasteiger partial charge in [0, 0.05) is 20.2 Å². The number of fused-ring (bicyclic) bond motifs is 1. The predicted molar refractivity (Wildman–Crippen MR) is 91.6 cm³/mol. The second kappa shape index (κ2) is 5.86. The summed E-state index contributed by atoms with van der Waals surface area (Å²) in [4.78, 5) is 0. The minimum Gasteiger partial charge on any atom is -0.324 e. The molecule has 4 heteroatoms. The van der Waals surface area contributed by atoms with Crippen LogP contribution in [0.15, 0.2) is 52.3 Å². The second-order valence-electron chi connectivity index (χ2n) is 4.75. The van der Waals surface area contributed by atoms with E-state index in [0.717, 1.165) is 15.9 Å². The first-order valence-corrected chi connectivity index (χ1v) is 8.36. The third-order valence-electron chi connectivity index (χ3n) is 3.33. The van der Waals surface area contributed by atoms with Crippen LogP contribution in [0.1, 0.15) is 17.2 Å². The van der Waals surface area contributed by atoms with Gasteiger partial charge in [0.05, 0.1) is 0 Å². The molecule has 0 fully saturated rings. The van der Waals surface area contributed by atoms with Gasteiger partial charge in [0.25, 0.3) is 0 Å². The summed E-state index contributed by atoms with van der Waals surface area (Å²) in [5, 5.41) is 4.15. The number of thiophene rings is 1. The molecule has 0 aliphatic rings. The summed E-state index contributed by atoms with van der Waals surface area (Å²) in [5.41, 5.74) is 8.75. The zero-order valence-electron chi connectivity index (χ0n) is 10.6. The van der Waals surface area contributed by atoms with E-state index < -0.39 is 0 Å². The van der Waals surface area contributed by atoms with Crippen molar-refractivity contribution in [1.82, 2.24) is 0 Å². The Bertz CT molecular complexity index is 753. The first-order valence-electron chi connectivity index (χ1n) is 6.31. The van der Waals surface area contributed by atoms with Gasteiger partial charge in [0.2, 0.25) is 0 Å². The van der Waals surface area contributed by atoms with Crippen molar-refractivity contribution in [1.29, 1.82) is 0 Å². The monoisotopic (exact) mass is 365 g/mol. The molecule has 0 amide bonds. The third kappa shape index (κ3) is 2.77. The van der Waals surface area contributed by atoms with E-state index in [1.807, 2.05) is 18.2 Å². The number of nitrogens with two attached hydrogens (primary N) is 1. The van der Waals surface area contributed by atoms with Crippen LogP contribution in [0.2, 0.25) is 5.02 Å². The molecule has 2 aromatic carbocycles. The Kier molecular flexibility index (Phi) is 4.13. The quantitative estimate of drug-likeness (QED) is 0.645. The van der Waals surface area contributed by atoms with Crippen molar-refractivity contribution >= 4 is 49.0 Å². The van der Waals surface area contributed by atoms with Crippen molar-refractivity contribution in [2.75, 3.05) is 0 Å². The lowest BCUT2D eigenvalue weighted by molar-refractivity contribution is 0.730. The highest BCUT2D eigenvalue weighted by Gasteiger charge is 2.14. The first kappa shape index (κ1) is 14.1. The van der Waals surface area contributed by atoms with Crippen LogP contribution in [0.4, 0.5) is 0 Å². The molecule has 0 spiro atoms. The third-order valence-corrected chi connectivity index (χ3v) is 5.53. The summed E-state index contributed by atoms with van der Waals surface area (Å²) in [6, 6.07) is 14.1. The lowest BCUT2D eigenvalue weighted by Crippen LogP contribution is -2.12. The SMILES string of the molecule is NC(Cc1cccc(Cl)c1)c1csc2c(Br)cccc12. The topological polar surface area (TPSA) is 26.0 Å². The van der Waals surface area contributed by atoms with Gasteiger partial charge < -0.3 is 5.73 Å². The summed E-state index contributed by atoms with van der Waals surface area (Å²) >= 11 is 11.3. The summed E-state index contributed by atoms with van der Waals surface area (Å²) in [5.74, 6) is 0. The molecule has 0 saturated heterocycles. The fourth-order valence-corrected chi connectivity index (χ4v) is 4.26. The van der Waals surface area contributed by atoms with E-state index in [9.17, 15) is 0 Å². The van der Waals surface area contributed by atoms with Gasteiger partial charge in [-0.25, -0.2) is 0 Å². The normalized spacial score (nSPS) is 12.8. The smallest absolute Gasteiger partial charge is 0.0488 e. The van der Waals surface area contributed by atoms with Crippen LogP contribution in [0.25, 0.3) is 10.1 Å². The van der Waals surface area contributed by atoms with Crippen molar-refractivity contribution in [2.24, 2.45) is 5.73 Å². The van der Waals surface area contributed by atoms with Gasteiger partial charge in [-0.15, -0.1) is 11.3 Å². The largest absolute Gasteiger partial charge is 0.324 e. The van der Waals surface area contributed by atoms with Gasteiger partial charge in [-0.3, -0.25) is 0 Å². The van der Waals surface area contributed by atoms with Gasteiger partial charge in [-0.2, -0.15) is 0 Å². The molecule has 2 N–H and O–H groups in total. The van der Waals surface area contributed by atoms with Crippen molar-refractivity contribution in [3.63, 3.8) is 0 Å². The molecule has 1 atom stereocenters. The second-order valence-corrected chi connectivity index (χ2v) is 6.92. The maximum Gasteiger partial charge on any atom is 0.0488 e. The lowest BCUT2D eigenvalue weighted by Gasteiger charge is -2.11. The molecule has 1 heterocycles. The number of hydrogen-bond acceptors (Lipinski definition) is 2. The van der Waals surface area contributed by atoms with Crippen LogP contribution in [0, 0.1) is 0 Å². The Labute approximate surface area is 135 Å². The van der Waals surface area contributed by atoms with E-state index in [-0.39, 0.29) is 6.04 Å². The number of halogens is 2. The molecular formula is C16H13BrClNS. The number of hydrogen-bond donors (Lipinski definition) is 1. The lowest BCUT2D eigenvalue weighted by atomic mass is 9.99. The maximum atomic E-state index is 6.39. The minimum absolute atomic E-state index is 0.0171. The van der Waals surface area contributed by atoms with Crippen LogP contribution in [-0.2, 0) is 6.42 Å². The van der Waals surface area contributed by atoms with Crippen molar-refractivity contribution in [3.8, 4) is 0 Å². The van der Waals surface area contributed by atoms with Crippen LogP contribution < -0.4 is 5.73 Å². The first-order chi connectivity index (χ1) is 9.65. The number of rotatable bonds is 3. The van der Waals surface area contributed by atoms with Crippen LogP contribution in [0.5, 0.6) is 0 Å². The van der Waals surface area contributed by atoms with E-state index in [1.54, 1.807) is 11.3 Å². The molecule has 0 aliphatic heterocycles. The standard InChI is InChI=1S/C16H13BrClNS/c17-14-6-2-5-12-13(9-20-16(12)14)15(19)8-10-3-1-4-11(18)7-10/h1-7,9,15H,8,19H2. The zero-order valence-corrected chi connectivity index (χ0v) is 13.8. The van der Waals surface area contributed by atoms with E-state index in [4.69, 9.17) is 17.3 Å². The minimum atomic E-state index is -0.0171. The van der Waals surface area contributed by atoms with Gasteiger partial charge >= 0.3 is 0 Å². The van der Waals surface area contributed by atoms with Gasteiger partial charge in [0.15, 0.2) is 0 Å². The molecule has 3 rings (SSSR count). The van der Waals surface area contributed by atoms with Gasteiger partial charge in [-0.1, -0.05) is 35.9 Å². The van der Waals surface area contributed by atoms with E-state index in [0.29, 0.717) is 0 Å². The van der Waals surface area contributed by atoms with Gasteiger partial charge in [-0.05, 0) is 62.4 Å². The Morgan fingerprint density at radius 3 is 2.80 bits per heavy atom. The molecule has 102 valence electrons. The van der Waals surface area contributed by atoms with Crippen molar-refractivity contribution in [2.45, 2.75) is 12.5 Å². The molecular weight excluding hydrogens is 354 g/mol. The van der Waals surface area contributed by atoms with E-state index in [2.05, 4.69) is 45.6 Å². The highest BCUT2D eigenvalue weighted by molar-refractivity contribution is 9.10. The van der Waals surface area contributed by atoms with Crippen LogP contribution in [-0.4, -0.2) is 0 Å². The summed E-state index contributed by atoms with van der Waals surface area (Å²) < 4.78 is 2.38. The van der Waals surface area contributed by atoms with Crippen LogP contribution >= 0.6 is 38.9 Å². The van der Waals surface area contributed by atoms with E-state index >= 15 is 0 Å². The molecule has 0 saturated carbocycles. The molecule has 1 unspecified atom stereocenters. The fraction of sp³-hybridized carbons (Fsp3) is 0.125. The Hall–Kier alpha value is -0.870. The molecule has 1 aromatic heterocycles. The molecule has 3 aromatic rings. The summed E-state index contributed by atoms with van der Waals surface area (Å²) in [6.07, 6.45) is 0.791. The van der Waals surface area contributed by atoms with Gasteiger partial charge in [0.1, 0.15) is 0 Å². The molecule has 1 nitrogen and oxygen atoms in total. The Morgan fingerprint density at radius 1 is 1.20 bits per heavy atom.